The Morgan fingerprint density at radius 2 is 1.62 bits per heavy atom. The zero-order valence-electron chi connectivity index (χ0n) is 17.0. The lowest BCUT2D eigenvalue weighted by molar-refractivity contribution is 0.407. The number of guanidine groups is 1. The van der Waals surface area contributed by atoms with Gasteiger partial charge in [0.25, 0.3) is 0 Å². The van der Waals surface area contributed by atoms with E-state index in [1.807, 2.05) is 36.4 Å². The van der Waals surface area contributed by atoms with Crippen LogP contribution in [0.25, 0.3) is 0 Å². The molecule has 29 heavy (non-hydrogen) atoms. The van der Waals surface area contributed by atoms with E-state index in [2.05, 4.69) is 51.8 Å². The lowest BCUT2D eigenvalue weighted by atomic mass is 10.1. The number of methoxy groups -OCH3 is 1. The molecule has 0 saturated carbocycles. The molecule has 0 unspecified atom stereocenters. The molecule has 1 aromatic heterocycles. The molecule has 0 saturated heterocycles. The number of nitrogens with one attached hydrogen (secondary N) is 2. The number of nitrogens with zero attached hydrogens (tertiary/aromatic N) is 2. The number of ether oxygens (including phenoxy) is 2. The van der Waals surface area contributed by atoms with Crippen LogP contribution < -0.4 is 20.1 Å². The molecule has 2 N–H and O–H groups in total. The van der Waals surface area contributed by atoms with Crippen molar-refractivity contribution in [3.05, 3.63) is 83.6 Å². The summed E-state index contributed by atoms with van der Waals surface area (Å²) in [6.07, 6.45) is 1.79. The van der Waals surface area contributed by atoms with Gasteiger partial charge in [0.15, 0.2) is 5.96 Å². The minimum absolute atomic E-state index is 0.531. The predicted molar refractivity (Wildman–Crippen MR) is 116 cm³/mol. The molecule has 150 valence electrons. The standard InChI is InChI=1S/C23H26N4O2/c1-17-7-9-18(10-8-17)14-26-23(24-2)27-16-19-11-12-22(25-15-19)29-21-6-4-5-20(13-21)28-3/h4-13,15H,14,16H2,1-3H3,(H2,24,26,27). The Hall–Kier alpha value is -3.54. The van der Waals surface area contributed by atoms with E-state index in [1.54, 1.807) is 20.4 Å². The summed E-state index contributed by atoms with van der Waals surface area (Å²) >= 11 is 0. The molecule has 0 aliphatic carbocycles. The first kappa shape index (κ1) is 20.2. The van der Waals surface area contributed by atoms with Gasteiger partial charge in [-0.2, -0.15) is 0 Å². The normalized spacial score (nSPS) is 11.1. The van der Waals surface area contributed by atoms with Crippen LogP contribution in [0, 0.1) is 6.92 Å². The third-order valence-electron chi connectivity index (χ3n) is 4.33. The summed E-state index contributed by atoms with van der Waals surface area (Å²) in [7, 11) is 3.39. The number of hydrogen-bond donors (Lipinski definition) is 2. The minimum atomic E-state index is 0.531. The van der Waals surface area contributed by atoms with Crippen LogP contribution >= 0.6 is 0 Å². The van der Waals surface area contributed by atoms with E-state index in [4.69, 9.17) is 9.47 Å². The second-order valence-electron chi connectivity index (χ2n) is 6.55. The summed E-state index contributed by atoms with van der Waals surface area (Å²) < 4.78 is 11.0. The molecule has 0 amide bonds. The largest absolute Gasteiger partial charge is 0.497 e. The Balaban J connectivity index is 1.50. The van der Waals surface area contributed by atoms with Crippen LogP contribution in [0.4, 0.5) is 0 Å². The molecule has 0 spiro atoms. The Morgan fingerprint density at radius 1 is 0.931 bits per heavy atom. The third kappa shape index (κ3) is 6.24. The number of aryl methyl sites for hydroxylation is 1. The van der Waals surface area contributed by atoms with E-state index in [0.29, 0.717) is 24.7 Å². The fourth-order valence-corrected chi connectivity index (χ4v) is 2.66. The second-order valence-corrected chi connectivity index (χ2v) is 6.55. The average molecular weight is 390 g/mol. The number of benzene rings is 2. The maximum Gasteiger partial charge on any atom is 0.219 e. The summed E-state index contributed by atoms with van der Waals surface area (Å²) in [4.78, 5) is 8.63. The van der Waals surface area contributed by atoms with Gasteiger partial charge in [-0.25, -0.2) is 4.98 Å². The molecule has 6 nitrogen and oxygen atoms in total. The zero-order valence-corrected chi connectivity index (χ0v) is 17.0. The molecule has 0 bridgehead atoms. The second kappa shape index (κ2) is 10.1. The van der Waals surface area contributed by atoms with E-state index >= 15 is 0 Å². The van der Waals surface area contributed by atoms with Crippen molar-refractivity contribution >= 4 is 5.96 Å². The van der Waals surface area contributed by atoms with Gasteiger partial charge in [-0.1, -0.05) is 42.0 Å². The van der Waals surface area contributed by atoms with Crippen molar-refractivity contribution in [2.75, 3.05) is 14.2 Å². The van der Waals surface area contributed by atoms with Gasteiger partial charge in [0.1, 0.15) is 11.5 Å². The van der Waals surface area contributed by atoms with Crippen molar-refractivity contribution in [2.45, 2.75) is 20.0 Å². The maximum atomic E-state index is 5.77. The summed E-state index contributed by atoms with van der Waals surface area (Å²) in [6, 6.07) is 19.7. The van der Waals surface area contributed by atoms with E-state index in [9.17, 15) is 0 Å². The van der Waals surface area contributed by atoms with Crippen molar-refractivity contribution in [1.82, 2.24) is 15.6 Å². The summed E-state index contributed by atoms with van der Waals surface area (Å²) in [5.74, 6) is 2.70. The molecule has 0 aliphatic rings. The fraction of sp³-hybridized carbons (Fsp3) is 0.217. The Kier molecular flexibility index (Phi) is 7.05. The summed E-state index contributed by atoms with van der Waals surface area (Å²) in [6.45, 7) is 3.41. The Bertz CT molecular complexity index is 938. The highest BCUT2D eigenvalue weighted by molar-refractivity contribution is 5.79. The Morgan fingerprint density at radius 3 is 2.28 bits per heavy atom. The monoisotopic (exact) mass is 390 g/mol. The van der Waals surface area contributed by atoms with Gasteiger partial charge >= 0.3 is 0 Å². The van der Waals surface area contributed by atoms with Gasteiger partial charge in [0, 0.05) is 38.5 Å². The van der Waals surface area contributed by atoms with E-state index in [0.717, 1.165) is 17.3 Å². The number of hydrogen-bond acceptors (Lipinski definition) is 4. The number of pyridine rings is 1. The summed E-state index contributed by atoms with van der Waals surface area (Å²) in [5, 5.41) is 6.61. The van der Waals surface area contributed by atoms with Crippen LogP contribution in [-0.4, -0.2) is 25.1 Å². The highest BCUT2D eigenvalue weighted by atomic mass is 16.5. The first-order valence-electron chi connectivity index (χ1n) is 9.43. The van der Waals surface area contributed by atoms with Gasteiger partial charge in [-0.3, -0.25) is 4.99 Å². The highest BCUT2D eigenvalue weighted by Crippen LogP contribution is 2.23. The highest BCUT2D eigenvalue weighted by Gasteiger charge is 2.03. The molecule has 1 heterocycles. The minimum Gasteiger partial charge on any atom is -0.497 e. The fourth-order valence-electron chi connectivity index (χ4n) is 2.66. The molecule has 0 aliphatic heterocycles. The smallest absolute Gasteiger partial charge is 0.219 e. The molecule has 6 heteroatoms. The third-order valence-corrected chi connectivity index (χ3v) is 4.33. The topological polar surface area (TPSA) is 67.8 Å². The number of aromatic nitrogens is 1. The van der Waals surface area contributed by atoms with Crippen LogP contribution in [-0.2, 0) is 13.1 Å². The van der Waals surface area contributed by atoms with E-state index in [-0.39, 0.29) is 0 Å². The van der Waals surface area contributed by atoms with Gasteiger partial charge < -0.3 is 20.1 Å². The van der Waals surface area contributed by atoms with Gasteiger partial charge in [-0.15, -0.1) is 0 Å². The van der Waals surface area contributed by atoms with Crippen molar-refractivity contribution in [3.63, 3.8) is 0 Å². The first-order valence-corrected chi connectivity index (χ1v) is 9.43. The van der Waals surface area contributed by atoms with E-state index < -0.39 is 0 Å². The molecular weight excluding hydrogens is 364 g/mol. The van der Waals surface area contributed by atoms with Gasteiger partial charge in [-0.05, 0) is 30.2 Å². The molecular formula is C23H26N4O2. The van der Waals surface area contributed by atoms with Crippen molar-refractivity contribution in [3.8, 4) is 17.4 Å². The van der Waals surface area contributed by atoms with Crippen LogP contribution in [0.2, 0.25) is 0 Å². The molecule has 2 aromatic carbocycles. The van der Waals surface area contributed by atoms with Crippen LogP contribution in [0.15, 0.2) is 71.9 Å². The predicted octanol–water partition coefficient (Wildman–Crippen LogP) is 4.06. The molecule has 0 fully saturated rings. The zero-order chi connectivity index (χ0) is 20.5. The van der Waals surface area contributed by atoms with Crippen LogP contribution in [0.5, 0.6) is 17.4 Å². The average Bonchev–Trinajstić information content (AvgIpc) is 2.76. The van der Waals surface area contributed by atoms with Crippen molar-refractivity contribution < 1.29 is 9.47 Å². The molecule has 0 radical (unpaired) electrons. The Labute approximate surface area is 171 Å². The first-order chi connectivity index (χ1) is 14.2. The molecule has 0 atom stereocenters. The maximum absolute atomic E-state index is 5.77. The van der Waals surface area contributed by atoms with Crippen molar-refractivity contribution in [2.24, 2.45) is 4.99 Å². The quantitative estimate of drug-likeness (QED) is 0.470. The number of rotatable bonds is 7. The van der Waals surface area contributed by atoms with E-state index in [1.165, 1.54) is 11.1 Å². The van der Waals surface area contributed by atoms with Gasteiger partial charge in [0.2, 0.25) is 5.88 Å². The van der Waals surface area contributed by atoms with Crippen LogP contribution in [0.3, 0.4) is 0 Å². The lowest BCUT2D eigenvalue weighted by Crippen LogP contribution is -2.36. The molecule has 3 aromatic rings. The van der Waals surface area contributed by atoms with Crippen LogP contribution in [0.1, 0.15) is 16.7 Å². The molecule has 3 rings (SSSR count). The number of aliphatic imine (C=N–C) groups is 1. The van der Waals surface area contributed by atoms with Crippen molar-refractivity contribution in [1.29, 1.82) is 0 Å². The van der Waals surface area contributed by atoms with Gasteiger partial charge in [0.05, 0.1) is 7.11 Å². The SMILES string of the molecule is CN=C(NCc1ccc(C)cc1)NCc1ccc(Oc2cccc(OC)c2)nc1. The lowest BCUT2D eigenvalue weighted by Gasteiger charge is -2.12. The summed E-state index contributed by atoms with van der Waals surface area (Å²) in [5.41, 5.74) is 3.49.